The Morgan fingerprint density at radius 2 is 1.71 bits per heavy atom. The van der Waals surface area contributed by atoms with E-state index < -0.39 is 0 Å². The molecule has 0 heterocycles. The van der Waals surface area contributed by atoms with Crippen LogP contribution >= 0.6 is 0 Å². The Morgan fingerprint density at radius 3 is 2.36 bits per heavy atom. The highest BCUT2D eigenvalue weighted by Crippen LogP contribution is 2.07. The highest BCUT2D eigenvalue weighted by molar-refractivity contribution is 5.79. The smallest absolute Gasteiger partial charge is 0.191 e. The van der Waals surface area contributed by atoms with E-state index in [0.717, 1.165) is 51.5 Å². The summed E-state index contributed by atoms with van der Waals surface area (Å²) in [5.41, 5.74) is 1.34. The van der Waals surface area contributed by atoms with Gasteiger partial charge in [-0.3, -0.25) is 4.99 Å². The molecule has 6 heteroatoms. The highest BCUT2D eigenvalue weighted by Gasteiger charge is 2.12. The second-order valence-corrected chi connectivity index (χ2v) is 7.03. The van der Waals surface area contributed by atoms with Crippen LogP contribution in [-0.4, -0.2) is 77.1 Å². The SMILES string of the molecule is CCCCOCCOCCNC(=NCC(Cc1ccccc1)N(C)C)NCC. The van der Waals surface area contributed by atoms with Crippen LogP contribution in [0.5, 0.6) is 0 Å². The van der Waals surface area contributed by atoms with Gasteiger partial charge in [0.2, 0.25) is 0 Å². The molecule has 1 aromatic rings. The van der Waals surface area contributed by atoms with E-state index in [4.69, 9.17) is 14.5 Å². The second-order valence-electron chi connectivity index (χ2n) is 7.03. The van der Waals surface area contributed by atoms with Crippen molar-refractivity contribution in [2.75, 3.05) is 60.2 Å². The number of hydrogen-bond donors (Lipinski definition) is 2. The molecule has 1 atom stereocenters. The van der Waals surface area contributed by atoms with Crippen LogP contribution in [0, 0.1) is 0 Å². The number of benzene rings is 1. The standard InChI is InChI=1S/C22H40N4O2/c1-5-7-14-27-16-17-28-15-13-24-22(23-6-2)25-19-21(26(3)4)18-20-11-9-8-10-12-20/h8-12,21H,5-7,13-19H2,1-4H3,(H2,23,24,25). The van der Waals surface area contributed by atoms with Gasteiger partial charge < -0.3 is 25.0 Å². The summed E-state index contributed by atoms with van der Waals surface area (Å²) >= 11 is 0. The molecule has 0 aromatic heterocycles. The van der Waals surface area contributed by atoms with Crippen molar-refractivity contribution in [3.63, 3.8) is 0 Å². The number of ether oxygens (including phenoxy) is 2. The van der Waals surface area contributed by atoms with Gasteiger partial charge >= 0.3 is 0 Å². The maximum Gasteiger partial charge on any atom is 0.191 e. The van der Waals surface area contributed by atoms with Crippen LogP contribution in [0.1, 0.15) is 32.3 Å². The summed E-state index contributed by atoms with van der Waals surface area (Å²) in [5.74, 6) is 0.838. The number of nitrogens with one attached hydrogen (secondary N) is 2. The predicted molar refractivity (Wildman–Crippen MR) is 118 cm³/mol. The Hall–Kier alpha value is -1.63. The molecule has 0 aliphatic carbocycles. The normalized spacial score (nSPS) is 13.0. The molecule has 1 aromatic carbocycles. The zero-order valence-electron chi connectivity index (χ0n) is 18.2. The zero-order chi connectivity index (χ0) is 20.5. The van der Waals surface area contributed by atoms with Crippen molar-refractivity contribution >= 4 is 5.96 Å². The lowest BCUT2D eigenvalue weighted by atomic mass is 10.1. The summed E-state index contributed by atoms with van der Waals surface area (Å²) < 4.78 is 11.1. The third-order valence-corrected chi connectivity index (χ3v) is 4.40. The van der Waals surface area contributed by atoms with E-state index in [1.165, 1.54) is 5.56 Å². The third-order valence-electron chi connectivity index (χ3n) is 4.40. The Morgan fingerprint density at radius 1 is 1.00 bits per heavy atom. The molecule has 0 aliphatic rings. The Kier molecular flexibility index (Phi) is 14.2. The number of unbranched alkanes of at least 4 members (excludes halogenated alkanes) is 1. The van der Waals surface area contributed by atoms with Gasteiger partial charge in [-0.1, -0.05) is 43.7 Å². The van der Waals surface area contributed by atoms with Crippen LogP contribution in [0.4, 0.5) is 0 Å². The summed E-state index contributed by atoms with van der Waals surface area (Å²) in [4.78, 5) is 7.01. The van der Waals surface area contributed by atoms with Crippen LogP contribution in [0.25, 0.3) is 0 Å². The maximum absolute atomic E-state index is 5.61. The average molecular weight is 393 g/mol. The number of likely N-dealkylation sites (N-methyl/N-ethyl adjacent to an activating group) is 1. The molecule has 0 aliphatic heterocycles. The molecule has 0 bridgehead atoms. The highest BCUT2D eigenvalue weighted by atomic mass is 16.5. The molecule has 1 rings (SSSR count). The van der Waals surface area contributed by atoms with Gasteiger partial charge in [0, 0.05) is 25.7 Å². The summed E-state index contributed by atoms with van der Waals surface area (Å²) in [6, 6.07) is 10.9. The van der Waals surface area contributed by atoms with E-state index in [2.05, 4.69) is 73.8 Å². The van der Waals surface area contributed by atoms with Crippen LogP contribution < -0.4 is 10.6 Å². The van der Waals surface area contributed by atoms with Gasteiger partial charge in [-0.05, 0) is 39.4 Å². The van der Waals surface area contributed by atoms with Gasteiger partial charge in [0.25, 0.3) is 0 Å². The lowest BCUT2D eigenvalue weighted by Crippen LogP contribution is -2.41. The van der Waals surface area contributed by atoms with Crippen molar-refractivity contribution in [2.24, 2.45) is 4.99 Å². The van der Waals surface area contributed by atoms with Crippen molar-refractivity contribution in [3.8, 4) is 0 Å². The number of hydrogen-bond acceptors (Lipinski definition) is 4. The van der Waals surface area contributed by atoms with Crippen molar-refractivity contribution < 1.29 is 9.47 Å². The number of guanidine groups is 1. The van der Waals surface area contributed by atoms with Crippen molar-refractivity contribution in [1.29, 1.82) is 0 Å². The van der Waals surface area contributed by atoms with Crippen LogP contribution in [0.2, 0.25) is 0 Å². The molecule has 0 fully saturated rings. The molecule has 6 nitrogen and oxygen atoms in total. The Labute approximate surface area is 171 Å². The van der Waals surface area contributed by atoms with Crippen LogP contribution in [-0.2, 0) is 15.9 Å². The molecule has 0 saturated carbocycles. The lowest BCUT2D eigenvalue weighted by molar-refractivity contribution is 0.0487. The molecule has 0 saturated heterocycles. The van der Waals surface area contributed by atoms with Crippen LogP contribution in [0.3, 0.4) is 0 Å². The topological polar surface area (TPSA) is 58.1 Å². The largest absolute Gasteiger partial charge is 0.379 e. The molecule has 28 heavy (non-hydrogen) atoms. The van der Waals surface area contributed by atoms with Crippen molar-refractivity contribution in [3.05, 3.63) is 35.9 Å². The molecule has 0 amide bonds. The minimum Gasteiger partial charge on any atom is -0.379 e. The fourth-order valence-corrected chi connectivity index (χ4v) is 2.64. The summed E-state index contributed by atoms with van der Waals surface area (Å²) in [6.07, 6.45) is 3.26. The number of nitrogens with zero attached hydrogens (tertiary/aromatic N) is 2. The van der Waals surface area contributed by atoms with E-state index >= 15 is 0 Å². The Bertz CT molecular complexity index is 509. The molecular weight excluding hydrogens is 352 g/mol. The fraction of sp³-hybridized carbons (Fsp3) is 0.682. The predicted octanol–water partition coefficient (Wildman–Crippen LogP) is 2.55. The molecule has 0 radical (unpaired) electrons. The first-order chi connectivity index (χ1) is 13.7. The monoisotopic (exact) mass is 392 g/mol. The number of rotatable bonds is 15. The minimum atomic E-state index is 0.356. The third kappa shape index (κ3) is 12.0. The summed E-state index contributed by atoms with van der Waals surface area (Å²) in [6.45, 7) is 9.32. The summed E-state index contributed by atoms with van der Waals surface area (Å²) in [7, 11) is 4.22. The van der Waals surface area contributed by atoms with E-state index in [1.54, 1.807) is 0 Å². The van der Waals surface area contributed by atoms with E-state index in [-0.39, 0.29) is 0 Å². The van der Waals surface area contributed by atoms with Crippen LogP contribution in [0.15, 0.2) is 35.3 Å². The molecule has 2 N–H and O–H groups in total. The van der Waals surface area contributed by atoms with Gasteiger partial charge in [0.05, 0.1) is 26.4 Å². The van der Waals surface area contributed by atoms with Gasteiger partial charge in [-0.15, -0.1) is 0 Å². The van der Waals surface area contributed by atoms with Crippen molar-refractivity contribution in [2.45, 2.75) is 39.2 Å². The molecule has 1 unspecified atom stereocenters. The first-order valence-electron chi connectivity index (χ1n) is 10.5. The van der Waals surface area contributed by atoms with Gasteiger partial charge in [0.15, 0.2) is 5.96 Å². The fourth-order valence-electron chi connectivity index (χ4n) is 2.64. The van der Waals surface area contributed by atoms with E-state index in [9.17, 15) is 0 Å². The molecule has 0 spiro atoms. The average Bonchev–Trinajstić information content (AvgIpc) is 2.70. The minimum absolute atomic E-state index is 0.356. The second kappa shape index (κ2) is 16.3. The van der Waals surface area contributed by atoms with Crippen molar-refractivity contribution in [1.82, 2.24) is 15.5 Å². The van der Waals surface area contributed by atoms with Gasteiger partial charge in [-0.25, -0.2) is 0 Å². The first kappa shape index (κ1) is 24.4. The lowest BCUT2D eigenvalue weighted by Gasteiger charge is -2.23. The maximum atomic E-state index is 5.61. The van der Waals surface area contributed by atoms with E-state index in [1.807, 2.05) is 0 Å². The zero-order valence-corrected chi connectivity index (χ0v) is 18.2. The summed E-state index contributed by atoms with van der Waals surface area (Å²) in [5, 5.41) is 6.65. The Balaban J connectivity index is 2.34. The van der Waals surface area contributed by atoms with Gasteiger partial charge in [0.1, 0.15) is 0 Å². The molecular formula is C22H40N4O2. The first-order valence-corrected chi connectivity index (χ1v) is 10.5. The molecule has 160 valence electrons. The number of aliphatic imine (C=N–C) groups is 1. The van der Waals surface area contributed by atoms with Gasteiger partial charge in [-0.2, -0.15) is 0 Å². The van der Waals surface area contributed by atoms with E-state index in [0.29, 0.717) is 25.9 Å². The quantitative estimate of drug-likeness (QED) is 0.273.